The monoisotopic (exact) mass is 735 g/mol. The molecule has 3 aliphatic rings. The Morgan fingerprint density at radius 3 is 2.25 bits per heavy atom. The predicted molar refractivity (Wildman–Crippen MR) is 190 cm³/mol. The van der Waals surface area contributed by atoms with Crippen molar-refractivity contribution < 1.29 is 43.3 Å². The van der Waals surface area contributed by atoms with Crippen LogP contribution in [-0.4, -0.2) is 103 Å². The van der Waals surface area contributed by atoms with E-state index in [-0.39, 0.29) is 57.0 Å². The summed E-state index contributed by atoms with van der Waals surface area (Å²) in [5.41, 5.74) is -0.533. The second-order valence-electron chi connectivity index (χ2n) is 12.5. The van der Waals surface area contributed by atoms with Gasteiger partial charge in [-0.1, -0.05) is 41.9 Å². The minimum absolute atomic E-state index is 0.0400. The highest BCUT2D eigenvalue weighted by atomic mass is 35.5. The normalized spacial score (nSPS) is 21.5. The minimum atomic E-state index is -1.53. The Kier molecular flexibility index (Phi) is 12.6. The summed E-state index contributed by atoms with van der Waals surface area (Å²) >= 11 is 6.20. The quantitative estimate of drug-likeness (QED) is 0.243. The Balaban J connectivity index is 1.46. The zero-order valence-electron chi connectivity index (χ0n) is 28.9. The molecule has 0 aliphatic carbocycles. The second kappa shape index (κ2) is 17.2. The van der Waals surface area contributed by atoms with Crippen LogP contribution >= 0.6 is 11.6 Å². The van der Waals surface area contributed by atoms with Crippen molar-refractivity contribution in [3.63, 3.8) is 0 Å². The number of likely N-dealkylation sites (tertiary alicyclic amines) is 1. The summed E-state index contributed by atoms with van der Waals surface area (Å²) in [4.78, 5) is 69.2. The molecule has 2 bridgehead atoms. The standard InChI is InChI=1S/C37H42ClN5O9/c1-23-32(45)39-16-19-51-26-9-11-27(12-10-26)52-37(14-17-43(18-15-37)35(48)28-21-25(38)8-13-31(28)50-2)36(49)42-29(20-24-6-4-3-5-7-24)33(46)41-30(22-44)34(47)40-23/h3-13,21,23,29-30,44H,14-20,22H2,1-2H3,(H,39,45)(H,40,47)(H,41,46)(H,42,49)/t23-,29+,30-/m0/s1. The van der Waals surface area contributed by atoms with Crippen molar-refractivity contribution in [1.82, 2.24) is 26.2 Å². The van der Waals surface area contributed by atoms with Gasteiger partial charge < -0.3 is 45.5 Å². The smallest absolute Gasteiger partial charge is 0.265 e. The van der Waals surface area contributed by atoms with E-state index in [0.29, 0.717) is 27.8 Å². The molecule has 5 N–H and O–H groups in total. The molecule has 0 saturated carbocycles. The summed E-state index contributed by atoms with van der Waals surface area (Å²) in [5.74, 6) is -1.78. The Bertz CT molecular complexity index is 1750. The van der Waals surface area contributed by atoms with Gasteiger partial charge in [0.15, 0.2) is 5.60 Å². The van der Waals surface area contributed by atoms with E-state index in [4.69, 9.17) is 25.8 Å². The fourth-order valence-electron chi connectivity index (χ4n) is 5.98. The highest BCUT2D eigenvalue weighted by molar-refractivity contribution is 6.31. The molecule has 15 heteroatoms. The lowest BCUT2D eigenvalue weighted by molar-refractivity contribution is -0.144. The Labute approximate surface area is 306 Å². The molecule has 0 aromatic heterocycles. The number of halogens is 1. The van der Waals surface area contributed by atoms with Crippen LogP contribution in [0, 0.1) is 0 Å². The van der Waals surface area contributed by atoms with E-state index in [2.05, 4.69) is 21.3 Å². The maximum absolute atomic E-state index is 14.5. The first-order valence-corrected chi connectivity index (χ1v) is 17.3. The third-order valence-corrected chi connectivity index (χ3v) is 9.18. The van der Waals surface area contributed by atoms with E-state index < -0.39 is 54.0 Å². The topological polar surface area (TPSA) is 185 Å². The Morgan fingerprint density at radius 1 is 0.904 bits per heavy atom. The number of nitrogens with zero attached hydrogens (tertiary/aromatic N) is 1. The van der Waals surface area contributed by atoms with Crippen LogP contribution in [0.1, 0.15) is 35.7 Å². The van der Waals surface area contributed by atoms with E-state index in [9.17, 15) is 29.1 Å². The number of benzene rings is 3. The van der Waals surface area contributed by atoms with E-state index in [1.54, 1.807) is 65.6 Å². The van der Waals surface area contributed by atoms with Crippen LogP contribution in [0.15, 0.2) is 72.8 Å². The van der Waals surface area contributed by atoms with E-state index in [1.807, 2.05) is 6.07 Å². The molecular weight excluding hydrogens is 694 g/mol. The number of methoxy groups -OCH3 is 1. The summed E-state index contributed by atoms with van der Waals surface area (Å²) in [5, 5.41) is 21.0. The average Bonchev–Trinajstić information content (AvgIpc) is 3.15. The molecule has 6 rings (SSSR count). The molecule has 52 heavy (non-hydrogen) atoms. The number of nitrogens with one attached hydrogen (secondary N) is 4. The van der Waals surface area contributed by atoms with Gasteiger partial charge >= 0.3 is 0 Å². The number of ether oxygens (including phenoxy) is 3. The Hall–Kier alpha value is -5.34. The first kappa shape index (κ1) is 37.9. The summed E-state index contributed by atoms with van der Waals surface area (Å²) < 4.78 is 17.6. The molecule has 3 heterocycles. The number of carbonyl (C=O) groups excluding carboxylic acids is 5. The van der Waals surface area contributed by atoms with Crippen molar-refractivity contribution >= 4 is 41.1 Å². The lowest BCUT2D eigenvalue weighted by atomic mass is 9.88. The molecule has 0 unspecified atom stereocenters. The third-order valence-electron chi connectivity index (χ3n) is 8.94. The fourth-order valence-corrected chi connectivity index (χ4v) is 6.16. The van der Waals surface area contributed by atoms with Crippen LogP contribution in [0.25, 0.3) is 0 Å². The number of hydrogen-bond acceptors (Lipinski definition) is 9. The number of carbonyl (C=O) groups is 5. The van der Waals surface area contributed by atoms with Crippen LogP contribution in [0.2, 0.25) is 5.02 Å². The second-order valence-corrected chi connectivity index (χ2v) is 13.0. The Morgan fingerprint density at radius 2 is 1.58 bits per heavy atom. The molecular formula is C37H42ClN5O9. The van der Waals surface area contributed by atoms with E-state index in [0.717, 1.165) is 0 Å². The van der Waals surface area contributed by atoms with Gasteiger partial charge in [0, 0.05) is 37.4 Å². The van der Waals surface area contributed by atoms with Crippen LogP contribution in [-0.2, 0) is 25.6 Å². The number of aliphatic hydroxyl groups is 1. The van der Waals surface area contributed by atoms with Crippen LogP contribution in [0.5, 0.6) is 17.2 Å². The molecule has 3 atom stereocenters. The van der Waals surface area contributed by atoms with Crippen LogP contribution in [0.4, 0.5) is 0 Å². The van der Waals surface area contributed by atoms with Crippen molar-refractivity contribution in [2.75, 3.05) is 40.0 Å². The summed E-state index contributed by atoms with van der Waals surface area (Å²) in [7, 11) is 1.46. The zero-order valence-corrected chi connectivity index (χ0v) is 29.6. The van der Waals surface area contributed by atoms with Gasteiger partial charge in [-0.2, -0.15) is 0 Å². The molecule has 0 radical (unpaired) electrons. The maximum atomic E-state index is 14.5. The van der Waals surface area contributed by atoms with Crippen molar-refractivity contribution in [3.05, 3.63) is 88.9 Å². The highest BCUT2D eigenvalue weighted by Crippen LogP contribution is 2.33. The molecule has 276 valence electrons. The largest absolute Gasteiger partial charge is 0.496 e. The van der Waals surface area contributed by atoms with Gasteiger partial charge in [0.2, 0.25) is 17.7 Å². The molecule has 1 fully saturated rings. The van der Waals surface area contributed by atoms with Crippen molar-refractivity contribution in [3.8, 4) is 17.2 Å². The van der Waals surface area contributed by atoms with Gasteiger partial charge in [0.1, 0.15) is 42.0 Å². The number of piperidine rings is 1. The fraction of sp³-hybridized carbons (Fsp3) is 0.378. The van der Waals surface area contributed by atoms with Crippen molar-refractivity contribution in [2.45, 2.75) is 49.9 Å². The molecule has 3 aromatic carbocycles. The summed E-state index contributed by atoms with van der Waals surface area (Å²) in [6.45, 7) is 1.20. The molecule has 1 spiro atoms. The van der Waals surface area contributed by atoms with Crippen LogP contribution in [0.3, 0.4) is 0 Å². The molecule has 3 aromatic rings. The maximum Gasteiger partial charge on any atom is 0.265 e. The van der Waals surface area contributed by atoms with E-state index >= 15 is 0 Å². The summed E-state index contributed by atoms with van der Waals surface area (Å²) in [6, 6.07) is 16.7. The minimum Gasteiger partial charge on any atom is -0.496 e. The molecule has 1 saturated heterocycles. The summed E-state index contributed by atoms with van der Waals surface area (Å²) in [6.07, 6.45) is 0.160. The highest BCUT2D eigenvalue weighted by Gasteiger charge is 2.46. The number of amides is 5. The van der Waals surface area contributed by atoms with Crippen molar-refractivity contribution in [2.24, 2.45) is 0 Å². The first-order chi connectivity index (χ1) is 25.0. The lowest BCUT2D eigenvalue weighted by Crippen LogP contribution is -2.62. The zero-order chi connectivity index (χ0) is 37.3. The number of aliphatic hydroxyl groups excluding tert-OH is 1. The van der Waals surface area contributed by atoms with Gasteiger partial charge in [-0.05, 0) is 55.0 Å². The average molecular weight is 736 g/mol. The molecule has 5 amide bonds. The number of fused-ring (bicyclic) bond motifs is 15. The van der Waals surface area contributed by atoms with Gasteiger partial charge in [0.25, 0.3) is 11.8 Å². The third kappa shape index (κ3) is 9.30. The van der Waals surface area contributed by atoms with Crippen molar-refractivity contribution in [1.29, 1.82) is 0 Å². The predicted octanol–water partition coefficient (Wildman–Crippen LogP) is 1.62. The van der Waals surface area contributed by atoms with Gasteiger partial charge in [-0.15, -0.1) is 0 Å². The first-order valence-electron chi connectivity index (χ1n) is 16.9. The van der Waals surface area contributed by atoms with Gasteiger partial charge in [-0.25, -0.2) is 0 Å². The molecule has 3 aliphatic heterocycles. The number of hydrogen-bond donors (Lipinski definition) is 5. The number of rotatable bonds is 5. The lowest BCUT2D eigenvalue weighted by Gasteiger charge is -2.41. The van der Waals surface area contributed by atoms with E-state index in [1.165, 1.54) is 20.1 Å². The SMILES string of the molecule is COc1ccc(Cl)cc1C(=O)N1CCC2(CC1)Oc1ccc(cc1)OCCNC(=O)[C@H](C)NC(=O)[C@H](CO)NC(=O)[C@@H](Cc1ccccc1)NC2=O. The van der Waals surface area contributed by atoms with Gasteiger partial charge in [0.05, 0.1) is 25.8 Å². The van der Waals surface area contributed by atoms with Crippen LogP contribution < -0.4 is 35.5 Å². The molecule has 14 nitrogen and oxygen atoms in total. The van der Waals surface area contributed by atoms with Gasteiger partial charge in [-0.3, -0.25) is 24.0 Å².